The third-order valence-electron chi connectivity index (χ3n) is 6.11. The van der Waals surface area contributed by atoms with Gasteiger partial charge in [0.15, 0.2) is 0 Å². The van der Waals surface area contributed by atoms with Crippen molar-refractivity contribution in [2.75, 3.05) is 26.2 Å². The quantitative estimate of drug-likeness (QED) is 0.350. The predicted octanol–water partition coefficient (Wildman–Crippen LogP) is 6.12. The van der Waals surface area contributed by atoms with Crippen LogP contribution in [0.4, 0.5) is 0 Å². The summed E-state index contributed by atoms with van der Waals surface area (Å²) < 4.78 is 11.7. The van der Waals surface area contributed by atoms with Crippen molar-refractivity contribution in [2.24, 2.45) is 0 Å². The van der Waals surface area contributed by atoms with Gasteiger partial charge in [0.1, 0.15) is 18.1 Å². The van der Waals surface area contributed by atoms with Gasteiger partial charge in [-0.15, -0.1) is 0 Å². The van der Waals surface area contributed by atoms with Crippen LogP contribution >= 0.6 is 0 Å². The molecular formula is C29H27NO3. The van der Waals surface area contributed by atoms with Crippen LogP contribution in [0, 0.1) is 0 Å². The normalized spacial score (nSPS) is 13.8. The minimum atomic E-state index is -0.349. The Labute approximate surface area is 194 Å². The Morgan fingerprint density at radius 2 is 1.39 bits per heavy atom. The Morgan fingerprint density at radius 1 is 0.758 bits per heavy atom. The molecule has 0 radical (unpaired) electrons. The van der Waals surface area contributed by atoms with Crippen molar-refractivity contribution in [1.29, 1.82) is 0 Å². The highest BCUT2D eigenvalue weighted by molar-refractivity contribution is 5.84. The van der Waals surface area contributed by atoms with Gasteiger partial charge in [0.05, 0.1) is 5.56 Å². The van der Waals surface area contributed by atoms with Crippen LogP contribution < -0.4 is 10.4 Å². The third kappa shape index (κ3) is 4.91. The lowest BCUT2D eigenvalue weighted by molar-refractivity contribution is 0.238. The van der Waals surface area contributed by atoms with E-state index in [0.717, 1.165) is 34.5 Å². The smallest absolute Gasteiger partial charge is 0.344 e. The summed E-state index contributed by atoms with van der Waals surface area (Å²) in [4.78, 5) is 15.6. The van der Waals surface area contributed by atoms with Gasteiger partial charge in [0, 0.05) is 17.7 Å². The topological polar surface area (TPSA) is 42.7 Å². The minimum Gasteiger partial charge on any atom is -0.492 e. The van der Waals surface area contributed by atoms with E-state index in [0.29, 0.717) is 17.9 Å². The van der Waals surface area contributed by atoms with Gasteiger partial charge in [-0.25, -0.2) is 4.79 Å². The van der Waals surface area contributed by atoms with E-state index < -0.39 is 0 Å². The number of hydrogen-bond donors (Lipinski definition) is 0. The van der Waals surface area contributed by atoms with Crippen molar-refractivity contribution in [3.05, 3.63) is 101 Å². The second-order valence-corrected chi connectivity index (χ2v) is 8.34. The van der Waals surface area contributed by atoms with Gasteiger partial charge >= 0.3 is 5.63 Å². The van der Waals surface area contributed by atoms with E-state index in [-0.39, 0.29) is 5.63 Å². The number of hydrogen-bond acceptors (Lipinski definition) is 4. The summed E-state index contributed by atoms with van der Waals surface area (Å²) in [5, 5.41) is 0. The Bertz CT molecular complexity index is 1240. The van der Waals surface area contributed by atoms with Crippen LogP contribution in [-0.2, 0) is 0 Å². The standard InChI is InChI=1S/C29H27NO3/c31-29-28(24-13-15-25(16-14-24)32-20-19-30-17-7-8-18-30)26(22-9-3-1-4-10-22)21-27(33-29)23-11-5-2-6-12-23/h1-6,9-16,21H,7-8,17-20H2. The van der Waals surface area contributed by atoms with Crippen LogP contribution in [-0.4, -0.2) is 31.1 Å². The summed E-state index contributed by atoms with van der Waals surface area (Å²) >= 11 is 0. The molecule has 4 nitrogen and oxygen atoms in total. The number of rotatable bonds is 7. The Morgan fingerprint density at radius 3 is 2.06 bits per heavy atom. The number of ether oxygens (including phenoxy) is 1. The number of likely N-dealkylation sites (tertiary alicyclic amines) is 1. The molecule has 33 heavy (non-hydrogen) atoms. The number of nitrogens with zero attached hydrogens (tertiary/aromatic N) is 1. The highest BCUT2D eigenvalue weighted by atomic mass is 16.5. The molecule has 0 aliphatic carbocycles. The summed E-state index contributed by atoms with van der Waals surface area (Å²) in [5.41, 5.74) is 3.73. The molecule has 2 heterocycles. The highest BCUT2D eigenvalue weighted by Gasteiger charge is 2.17. The van der Waals surface area contributed by atoms with Crippen LogP contribution in [0.2, 0.25) is 0 Å². The Kier molecular flexibility index (Phi) is 6.36. The van der Waals surface area contributed by atoms with Gasteiger partial charge in [-0.3, -0.25) is 4.90 Å². The lowest BCUT2D eigenvalue weighted by atomic mass is 9.95. The van der Waals surface area contributed by atoms with Crippen molar-refractivity contribution >= 4 is 0 Å². The molecule has 1 aliphatic heterocycles. The zero-order chi connectivity index (χ0) is 22.5. The zero-order valence-corrected chi connectivity index (χ0v) is 18.6. The van der Waals surface area contributed by atoms with E-state index in [9.17, 15) is 4.79 Å². The second kappa shape index (κ2) is 9.88. The lowest BCUT2D eigenvalue weighted by Crippen LogP contribution is -2.25. The van der Waals surface area contributed by atoms with E-state index in [1.165, 1.54) is 25.9 Å². The van der Waals surface area contributed by atoms with Crippen LogP contribution in [0.1, 0.15) is 12.8 Å². The summed E-state index contributed by atoms with van der Waals surface area (Å²) in [5.74, 6) is 1.37. The van der Waals surface area contributed by atoms with Gasteiger partial charge < -0.3 is 9.15 Å². The molecule has 4 aromatic rings. The van der Waals surface area contributed by atoms with Gasteiger partial charge in [-0.2, -0.15) is 0 Å². The first-order valence-corrected chi connectivity index (χ1v) is 11.5. The molecular weight excluding hydrogens is 410 g/mol. The summed E-state index contributed by atoms with van der Waals surface area (Å²) in [7, 11) is 0. The molecule has 0 atom stereocenters. The predicted molar refractivity (Wildman–Crippen MR) is 132 cm³/mol. The monoisotopic (exact) mass is 437 g/mol. The average Bonchev–Trinajstić information content (AvgIpc) is 3.39. The molecule has 1 fully saturated rings. The molecule has 1 aromatic heterocycles. The van der Waals surface area contributed by atoms with Gasteiger partial charge in [-0.05, 0) is 55.3 Å². The zero-order valence-electron chi connectivity index (χ0n) is 18.6. The molecule has 0 amide bonds. The fraction of sp³-hybridized carbons (Fsp3) is 0.207. The van der Waals surface area contributed by atoms with Crippen LogP contribution in [0.3, 0.4) is 0 Å². The molecule has 3 aromatic carbocycles. The van der Waals surface area contributed by atoms with Crippen molar-refractivity contribution in [2.45, 2.75) is 12.8 Å². The average molecular weight is 438 g/mol. The van der Waals surface area contributed by atoms with Gasteiger partial charge in [-0.1, -0.05) is 72.8 Å². The summed E-state index contributed by atoms with van der Waals surface area (Å²) in [6, 6.07) is 29.4. The van der Waals surface area contributed by atoms with Crippen LogP contribution in [0.15, 0.2) is 100 Å². The first kappa shape index (κ1) is 21.2. The van der Waals surface area contributed by atoms with Gasteiger partial charge in [0.2, 0.25) is 0 Å². The third-order valence-corrected chi connectivity index (χ3v) is 6.11. The molecule has 0 saturated carbocycles. The van der Waals surface area contributed by atoms with Crippen molar-refractivity contribution < 1.29 is 9.15 Å². The van der Waals surface area contributed by atoms with E-state index in [2.05, 4.69) is 4.90 Å². The maximum Gasteiger partial charge on any atom is 0.344 e. The van der Waals surface area contributed by atoms with Crippen molar-refractivity contribution in [3.8, 4) is 39.3 Å². The number of benzene rings is 3. The molecule has 4 heteroatoms. The Balaban J connectivity index is 1.46. The summed E-state index contributed by atoms with van der Waals surface area (Å²) in [6.45, 7) is 3.95. The van der Waals surface area contributed by atoms with Crippen LogP contribution in [0.5, 0.6) is 5.75 Å². The fourth-order valence-corrected chi connectivity index (χ4v) is 4.37. The molecule has 1 aliphatic rings. The molecule has 0 bridgehead atoms. The maximum atomic E-state index is 13.2. The first-order valence-electron chi connectivity index (χ1n) is 11.5. The maximum absolute atomic E-state index is 13.2. The second-order valence-electron chi connectivity index (χ2n) is 8.34. The van der Waals surface area contributed by atoms with E-state index >= 15 is 0 Å². The van der Waals surface area contributed by atoms with E-state index in [4.69, 9.17) is 9.15 Å². The summed E-state index contributed by atoms with van der Waals surface area (Å²) in [6.07, 6.45) is 2.56. The Hall–Kier alpha value is -3.63. The molecule has 0 spiro atoms. The first-order chi connectivity index (χ1) is 16.3. The molecule has 5 rings (SSSR count). The van der Waals surface area contributed by atoms with E-state index in [1.54, 1.807) is 0 Å². The largest absolute Gasteiger partial charge is 0.492 e. The van der Waals surface area contributed by atoms with Crippen molar-refractivity contribution in [1.82, 2.24) is 4.90 Å². The fourth-order valence-electron chi connectivity index (χ4n) is 4.37. The van der Waals surface area contributed by atoms with Crippen molar-refractivity contribution in [3.63, 3.8) is 0 Å². The van der Waals surface area contributed by atoms with Gasteiger partial charge in [0.25, 0.3) is 0 Å². The SMILES string of the molecule is O=c1oc(-c2ccccc2)cc(-c2ccccc2)c1-c1ccc(OCCN2CCCC2)cc1. The highest BCUT2D eigenvalue weighted by Crippen LogP contribution is 2.33. The minimum absolute atomic E-state index is 0.349. The lowest BCUT2D eigenvalue weighted by Gasteiger charge is -2.15. The van der Waals surface area contributed by atoms with Crippen LogP contribution in [0.25, 0.3) is 33.6 Å². The molecule has 166 valence electrons. The molecule has 1 saturated heterocycles. The van der Waals surface area contributed by atoms with E-state index in [1.807, 2.05) is 91.0 Å². The molecule has 0 unspecified atom stereocenters. The molecule has 0 N–H and O–H groups in total.